The standard InChI is InChI=1S/C4H9N3O2/c1-6-7-3(5)4(8)9-2/h6H,1-2H3,(H2,5,7). The van der Waals surface area contributed by atoms with E-state index in [0.717, 1.165) is 0 Å². The fraction of sp³-hybridized carbons (Fsp3) is 0.500. The molecule has 0 radical (unpaired) electrons. The van der Waals surface area contributed by atoms with Gasteiger partial charge in [0.2, 0.25) is 5.84 Å². The van der Waals surface area contributed by atoms with Gasteiger partial charge in [0, 0.05) is 7.05 Å². The van der Waals surface area contributed by atoms with E-state index in [-0.39, 0.29) is 5.84 Å². The molecule has 0 aliphatic rings. The highest BCUT2D eigenvalue weighted by molar-refractivity contribution is 6.34. The van der Waals surface area contributed by atoms with Crippen LogP contribution in [0.5, 0.6) is 0 Å². The Morgan fingerprint density at radius 2 is 2.33 bits per heavy atom. The third-order valence-electron chi connectivity index (χ3n) is 0.627. The average molecular weight is 131 g/mol. The van der Waals surface area contributed by atoms with Crippen molar-refractivity contribution in [1.29, 1.82) is 0 Å². The van der Waals surface area contributed by atoms with Gasteiger partial charge in [0.25, 0.3) is 0 Å². The van der Waals surface area contributed by atoms with Crippen molar-refractivity contribution >= 4 is 11.8 Å². The predicted molar refractivity (Wildman–Crippen MR) is 32.7 cm³/mol. The minimum atomic E-state index is -0.635. The third-order valence-corrected chi connectivity index (χ3v) is 0.627. The zero-order valence-electron chi connectivity index (χ0n) is 5.34. The van der Waals surface area contributed by atoms with E-state index in [9.17, 15) is 4.79 Å². The second-order valence-corrected chi connectivity index (χ2v) is 1.21. The summed E-state index contributed by atoms with van der Waals surface area (Å²) in [4.78, 5) is 10.4. The van der Waals surface area contributed by atoms with Gasteiger partial charge in [0.05, 0.1) is 7.11 Å². The summed E-state index contributed by atoms with van der Waals surface area (Å²) in [5, 5.41) is 3.37. The maximum atomic E-state index is 10.4. The number of amidine groups is 1. The van der Waals surface area contributed by atoms with Crippen molar-refractivity contribution in [3.05, 3.63) is 0 Å². The first kappa shape index (κ1) is 7.74. The lowest BCUT2D eigenvalue weighted by Gasteiger charge is -1.94. The molecule has 0 rings (SSSR count). The SMILES string of the molecule is CN/N=C(\N)C(=O)OC. The third kappa shape index (κ3) is 2.53. The minimum Gasteiger partial charge on any atom is -0.463 e. The summed E-state index contributed by atoms with van der Waals surface area (Å²) in [5.41, 5.74) is 7.40. The number of hydrazone groups is 1. The highest BCUT2D eigenvalue weighted by atomic mass is 16.5. The van der Waals surface area contributed by atoms with Crippen molar-refractivity contribution < 1.29 is 9.53 Å². The maximum Gasteiger partial charge on any atom is 0.375 e. The summed E-state index contributed by atoms with van der Waals surface area (Å²) in [6.07, 6.45) is 0. The Labute approximate surface area is 52.9 Å². The van der Waals surface area contributed by atoms with Crippen molar-refractivity contribution in [3.63, 3.8) is 0 Å². The molecule has 0 aromatic heterocycles. The molecule has 3 N–H and O–H groups in total. The molecule has 52 valence electrons. The van der Waals surface area contributed by atoms with E-state index in [4.69, 9.17) is 5.73 Å². The molecule has 0 amide bonds. The van der Waals surface area contributed by atoms with Crippen LogP contribution in [-0.2, 0) is 9.53 Å². The Morgan fingerprint density at radius 1 is 1.78 bits per heavy atom. The van der Waals surface area contributed by atoms with Crippen LogP contribution in [0.3, 0.4) is 0 Å². The highest BCUT2D eigenvalue weighted by Gasteiger charge is 2.03. The van der Waals surface area contributed by atoms with Crippen LogP contribution >= 0.6 is 0 Å². The summed E-state index contributed by atoms with van der Waals surface area (Å²) in [5.74, 6) is -0.815. The molecule has 0 spiro atoms. The van der Waals surface area contributed by atoms with E-state index < -0.39 is 5.97 Å². The van der Waals surface area contributed by atoms with Crippen LogP contribution < -0.4 is 11.2 Å². The first-order valence-electron chi connectivity index (χ1n) is 2.30. The van der Waals surface area contributed by atoms with E-state index in [1.807, 2.05) is 0 Å². The summed E-state index contributed by atoms with van der Waals surface area (Å²) in [7, 11) is 2.77. The molecule has 0 aromatic rings. The first-order valence-corrected chi connectivity index (χ1v) is 2.30. The van der Waals surface area contributed by atoms with E-state index in [0.29, 0.717) is 0 Å². The van der Waals surface area contributed by atoms with Gasteiger partial charge in [0.15, 0.2) is 0 Å². The normalized spacial score (nSPS) is 10.7. The number of nitrogens with zero attached hydrogens (tertiary/aromatic N) is 1. The van der Waals surface area contributed by atoms with Gasteiger partial charge in [-0.2, -0.15) is 5.10 Å². The van der Waals surface area contributed by atoms with Crippen LogP contribution in [0.4, 0.5) is 0 Å². The molecule has 0 saturated carbocycles. The van der Waals surface area contributed by atoms with E-state index in [2.05, 4.69) is 15.3 Å². The minimum absolute atomic E-state index is 0.181. The number of esters is 1. The molecule has 0 aliphatic carbocycles. The Balaban J connectivity index is 3.86. The Kier molecular flexibility index (Phi) is 3.19. The molecule has 0 atom stereocenters. The molecule has 0 heterocycles. The summed E-state index contributed by atoms with van der Waals surface area (Å²) >= 11 is 0. The van der Waals surface area contributed by atoms with E-state index in [1.54, 1.807) is 0 Å². The van der Waals surface area contributed by atoms with Gasteiger partial charge in [-0.1, -0.05) is 0 Å². The van der Waals surface area contributed by atoms with Crippen LogP contribution in [0.2, 0.25) is 0 Å². The largest absolute Gasteiger partial charge is 0.463 e. The first-order chi connectivity index (χ1) is 4.22. The smallest absolute Gasteiger partial charge is 0.375 e. The van der Waals surface area contributed by atoms with Gasteiger partial charge in [-0.05, 0) is 0 Å². The Morgan fingerprint density at radius 3 is 2.67 bits per heavy atom. The van der Waals surface area contributed by atoms with Gasteiger partial charge in [-0.15, -0.1) is 0 Å². The number of hydrogen-bond donors (Lipinski definition) is 2. The topological polar surface area (TPSA) is 76.7 Å². The lowest BCUT2D eigenvalue weighted by molar-refractivity contribution is -0.132. The van der Waals surface area contributed by atoms with Crippen LogP contribution in [0, 0.1) is 0 Å². The number of methoxy groups -OCH3 is 1. The van der Waals surface area contributed by atoms with Gasteiger partial charge in [-0.3, -0.25) is 0 Å². The molecule has 0 saturated heterocycles. The number of nitrogens with one attached hydrogen (secondary N) is 1. The number of ether oxygens (including phenoxy) is 1. The van der Waals surface area contributed by atoms with E-state index in [1.165, 1.54) is 14.2 Å². The summed E-state index contributed by atoms with van der Waals surface area (Å²) < 4.78 is 4.23. The summed E-state index contributed by atoms with van der Waals surface area (Å²) in [6, 6.07) is 0. The molecule has 5 heteroatoms. The second-order valence-electron chi connectivity index (χ2n) is 1.21. The number of carbonyl (C=O) groups excluding carboxylic acids is 1. The Bertz CT molecular complexity index is 132. The van der Waals surface area contributed by atoms with Gasteiger partial charge in [0.1, 0.15) is 0 Å². The van der Waals surface area contributed by atoms with Gasteiger partial charge < -0.3 is 15.9 Å². The quantitative estimate of drug-likeness (QED) is 0.200. The lowest BCUT2D eigenvalue weighted by Crippen LogP contribution is -2.27. The molecule has 5 nitrogen and oxygen atoms in total. The molecule has 9 heavy (non-hydrogen) atoms. The molecule has 0 aromatic carbocycles. The van der Waals surface area contributed by atoms with Crippen molar-refractivity contribution in [2.45, 2.75) is 0 Å². The highest BCUT2D eigenvalue weighted by Crippen LogP contribution is 1.70. The average Bonchev–Trinajstić information content (AvgIpc) is 1.87. The lowest BCUT2D eigenvalue weighted by atomic mass is 10.6. The number of hydrogen-bond acceptors (Lipinski definition) is 4. The van der Waals surface area contributed by atoms with Crippen molar-refractivity contribution in [2.75, 3.05) is 14.2 Å². The van der Waals surface area contributed by atoms with E-state index >= 15 is 0 Å². The van der Waals surface area contributed by atoms with Crippen LogP contribution in [0.15, 0.2) is 5.10 Å². The predicted octanol–water partition coefficient (Wildman–Crippen LogP) is -1.35. The molecule has 0 fully saturated rings. The maximum absolute atomic E-state index is 10.4. The zero-order chi connectivity index (χ0) is 7.28. The van der Waals surface area contributed by atoms with Crippen LogP contribution in [-0.4, -0.2) is 26.0 Å². The fourth-order valence-corrected chi connectivity index (χ4v) is 0.271. The van der Waals surface area contributed by atoms with Crippen LogP contribution in [0.1, 0.15) is 0 Å². The van der Waals surface area contributed by atoms with Crippen LogP contribution in [0.25, 0.3) is 0 Å². The number of carbonyl (C=O) groups is 1. The fourth-order valence-electron chi connectivity index (χ4n) is 0.271. The molecular formula is C4H9N3O2. The van der Waals surface area contributed by atoms with Crippen molar-refractivity contribution in [2.24, 2.45) is 10.8 Å². The zero-order valence-corrected chi connectivity index (χ0v) is 5.34. The molecular weight excluding hydrogens is 122 g/mol. The van der Waals surface area contributed by atoms with Crippen molar-refractivity contribution in [1.82, 2.24) is 5.43 Å². The molecule has 0 bridgehead atoms. The second kappa shape index (κ2) is 3.71. The van der Waals surface area contributed by atoms with Crippen molar-refractivity contribution in [3.8, 4) is 0 Å². The number of rotatable bonds is 1. The number of nitrogens with two attached hydrogens (primary N) is 1. The monoisotopic (exact) mass is 131 g/mol. The van der Waals surface area contributed by atoms with Gasteiger partial charge >= 0.3 is 5.97 Å². The molecule has 0 unspecified atom stereocenters. The summed E-state index contributed by atoms with van der Waals surface area (Å²) in [6.45, 7) is 0. The molecule has 0 aliphatic heterocycles. The van der Waals surface area contributed by atoms with Gasteiger partial charge in [-0.25, -0.2) is 4.79 Å². The Hall–Kier alpha value is -1.26.